The molecule has 0 bridgehead atoms. The Morgan fingerprint density at radius 3 is 2.74 bits per heavy atom. The molecule has 0 aromatic carbocycles. The minimum Gasteiger partial charge on any atom is -0.478 e. The van der Waals surface area contributed by atoms with Gasteiger partial charge in [-0.2, -0.15) is 0 Å². The summed E-state index contributed by atoms with van der Waals surface area (Å²) >= 11 is 0. The number of hydrogen-bond donors (Lipinski definition) is 2. The zero-order valence-corrected chi connectivity index (χ0v) is 10.8. The Morgan fingerprint density at radius 1 is 1.53 bits per heavy atom. The summed E-state index contributed by atoms with van der Waals surface area (Å²) in [5.74, 6) is -1.26. The molecule has 1 aliphatic heterocycles. The molecule has 102 valence electrons. The van der Waals surface area contributed by atoms with Gasteiger partial charge in [-0.1, -0.05) is 0 Å². The maximum absolute atomic E-state index is 11.4. The number of pyridine rings is 1. The van der Waals surface area contributed by atoms with Crippen molar-refractivity contribution in [2.75, 3.05) is 13.1 Å². The fourth-order valence-corrected chi connectivity index (χ4v) is 2.27. The Labute approximate surface area is 111 Å². The first-order chi connectivity index (χ1) is 8.90. The first-order valence-corrected chi connectivity index (χ1v) is 6.11. The van der Waals surface area contributed by atoms with Crippen LogP contribution in [0.4, 0.5) is 0 Å². The van der Waals surface area contributed by atoms with Crippen molar-refractivity contribution in [3.8, 4) is 0 Å². The van der Waals surface area contributed by atoms with Gasteiger partial charge in [0, 0.05) is 19.3 Å². The third-order valence-corrected chi connectivity index (χ3v) is 3.60. The van der Waals surface area contributed by atoms with Crippen LogP contribution in [0.15, 0.2) is 18.3 Å². The van der Waals surface area contributed by atoms with Crippen LogP contribution < -0.4 is 5.73 Å². The smallest absolute Gasteiger partial charge is 0.337 e. The maximum atomic E-state index is 11.4. The van der Waals surface area contributed by atoms with E-state index in [-0.39, 0.29) is 11.5 Å². The fraction of sp³-hybridized carbons (Fsp3) is 0.462. The predicted molar refractivity (Wildman–Crippen MR) is 68.4 cm³/mol. The summed E-state index contributed by atoms with van der Waals surface area (Å²) in [4.78, 5) is 28.3. The molecule has 0 aliphatic carbocycles. The van der Waals surface area contributed by atoms with E-state index in [1.807, 2.05) is 6.92 Å². The van der Waals surface area contributed by atoms with Gasteiger partial charge in [0.2, 0.25) is 5.91 Å². The molecule has 0 spiro atoms. The normalized spacial score (nSPS) is 23.4. The molecule has 6 heteroatoms. The van der Waals surface area contributed by atoms with Gasteiger partial charge in [0.1, 0.15) is 0 Å². The number of nitrogens with two attached hydrogens (primary N) is 1. The number of carboxylic acid groups (broad SMARTS) is 1. The number of amides is 1. The topological polar surface area (TPSA) is 96.5 Å². The van der Waals surface area contributed by atoms with Crippen LogP contribution in [0.1, 0.15) is 29.4 Å². The summed E-state index contributed by atoms with van der Waals surface area (Å²) in [6.45, 7) is 3.88. The van der Waals surface area contributed by atoms with Gasteiger partial charge in [-0.15, -0.1) is 0 Å². The average Bonchev–Trinajstić information content (AvgIpc) is 2.73. The van der Waals surface area contributed by atoms with E-state index in [4.69, 9.17) is 10.8 Å². The highest BCUT2D eigenvalue weighted by Gasteiger charge is 2.38. The lowest BCUT2D eigenvalue weighted by Gasteiger charge is -2.20. The molecule has 1 aromatic rings. The summed E-state index contributed by atoms with van der Waals surface area (Å²) in [6, 6.07) is 3.23. The molecule has 0 saturated carbocycles. The van der Waals surface area contributed by atoms with Crippen LogP contribution in [0.3, 0.4) is 0 Å². The SMILES string of the molecule is CC1(C(N)=O)CCN(Cc2ccc(C(=O)O)cn2)C1. The van der Waals surface area contributed by atoms with Gasteiger partial charge < -0.3 is 10.8 Å². The van der Waals surface area contributed by atoms with Crippen molar-refractivity contribution in [2.45, 2.75) is 19.9 Å². The highest BCUT2D eigenvalue weighted by Crippen LogP contribution is 2.30. The number of carbonyl (C=O) groups is 2. The summed E-state index contributed by atoms with van der Waals surface area (Å²) in [6.07, 6.45) is 2.09. The van der Waals surface area contributed by atoms with Crippen molar-refractivity contribution < 1.29 is 14.7 Å². The van der Waals surface area contributed by atoms with E-state index < -0.39 is 11.4 Å². The van der Waals surface area contributed by atoms with Gasteiger partial charge in [-0.25, -0.2) is 4.79 Å². The number of primary amides is 1. The number of aromatic carboxylic acids is 1. The Morgan fingerprint density at radius 2 is 2.26 bits per heavy atom. The van der Waals surface area contributed by atoms with E-state index in [1.165, 1.54) is 12.3 Å². The van der Waals surface area contributed by atoms with Gasteiger partial charge in [0.25, 0.3) is 0 Å². The van der Waals surface area contributed by atoms with Crippen molar-refractivity contribution in [1.29, 1.82) is 0 Å². The lowest BCUT2D eigenvalue weighted by molar-refractivity contribution is -0.126. The van der Waals surface area contributed by atoms with Gasteiger partial charge >= 0.3 is 5.97 Å². The van der Waals surface area contributed by atoms with Crippen LogP contribution in [0.2, 0.25) is 0 Å². The van der Waals surface area contributed by atoms with E-state index in [0.29, 0.717) is 13.1 Å². The Balaban J connectivity index is 1.99. The highest BCUT2D eigenvalue weighted by molar-refractivity contribution is 5.87. The standard InChI is InChI=1S/C13H17N3O3/c1-13(12(14)19)4-5-16(8-13)7-10-3-2-9(6-15-10)11(17)18/h2-3,6H,4-5,7-8H2,1H3,(H2,14,19)(H,17,18). The maximum Gasteiger partial charge on any atom is 0.337 e. The number of hydrogen-bond acceptors (Lipinski definition) is 4. The van der Waals surface area contributed by atoms with Gasteiger partial charge in [0.05, 0.1) is 16.7 Å². The number of likely N-dealkylation sites (tertiary alicyclic amines) is 1. The molecule has 1 aromatic heterocycles. The summed E-state index contributed by atoms with van der Waals surface area (Å²) in [5, 5.41) is 8.79. The van der Waals surface area contributed by atoms with E-state index in [0.717, 1.165) is 18.7 Å². The molecule has 0 radical (unpaired) electrons. The zero-order valence-electron chi connectivity index (χ0n) is 10.8. The number of carbonyl (C=O) groups excluding carboxylic acids is 1. The van der Waals surface area contributed by atoms with Gasteiger partial charge in [0.15, 0.2) is 0 Å². The van der Waals surface area contributed by atoms with Crippen molar-refractivity contribution in [3.05, 3.63) is 29.6 Å². The average molecular weight is 263 g/mol. The molecule has 1 amide bonds. The highest BCUT2D eigenvalue weighted by atomic mass is 16.4. The third kappa shape index (κ3) is 2.90. The molecule has 1 fully saturated rings. The second kappa shape index (κ2) is 4.97. The van der Waals surface area contributed by atoms with E-state index in [1.54, 1.807) is 6.07 Å². The number of carboxylic acids is 1. The fourth-order valence-electron chi connectivity index (χ4n) is 2.27. The molecule has 3 N–H and O–H groups in total. The van der Waals surface area contributed by atoms with Crippen LogP contribution in [-0.4, -0.2) is 40.0 Å². The van der Waals surface area contributed by atoms with Crippen LogP contribution in [0, 0.1) is 5.41 Å². The lowest BCUT2D eigenvalue weighted by Crippen LogP contribution is -2.37. The summed E-state index contributed by atoms with van der Waals surface area (Å²) < 4.78 is 0. The molecule has 1 saturated heterocycles. The molecule has 2 rings (SSSR count). The minimum absolute atomic E-state index is 0.173. The second-order valence-corrected chi connectivity index (χ2v) is 5.23. The molecular weight excluding hydrogens is 246 g/mol. The van der Waals surface area contributed by atoms with Crippen molar-refractivity contribution >= 4 is 11.9 Å². The molecule has 1 aliphatic rings. The first kappa shape index (κ1) is 13.5. The number of rotatable bonds is 4. The molecular formula is C13H17N3O3. The molecule has 6 nitrogen and oxygen atoms in total. The predicted octanol–water partition coefficient (Wildman–Crippen LogP) is 0.477. The van der Waals surface area contributed by atoms with Crippen molar-refractivity contribution in [3.63, 3.8) is 0 Å². The van der Waals surface area contributed by atoms with Crippen molar-refractivity contribution in [1.82, 2.24) is 9.88 Å². The van der Waals surface area contributed by atoms with Gasteiger partial charge in [-0.3, -0.25) is 14.7 Å². The second-order valence-electron chi connectivity index (χ2n) is 5.23. The largest absolute Gasteiger partial charge is 0.478 e. The van der Waals surface area contributed by atoms with Crippen LogP contribution in [0.5, 0.6) is 0 Å². The molecule has 1 unspecified atom stereocenters. The number of aromatic nitrogens is 1. The van der Waals surface area contributed by atoms with Crippen molar-refractivity contribution in [2.24, 2.45) is 11.1 Å². The first-order valence-electron chi connectivity index (χ1n) is 6.11. The van der Waals surface area contributed by atoms with Gasteiger partial charge in [-0.05, 0) is 32.0 Å². The van der Waals surface area contributed by atoms with E-state index in [9.17, 15) is 9.59 Å². The lowest BCUT2D eigenvalue weighted by atomic mass is 9.89. The zero-order chi connectivity index (χ0) is 14.0. The summed E-state index contributed by atoms with van der Waals surface area (Å²) in [7, 11) is 0. The summed E-state index contributed by atoms with van der Waals surface area (Å²) in [5.41, 5.74) is 5.89. The monoisotopic (exact) mass is 263 g/mol. The van der Waals surface area contributed by atoms with Crippen LogP contribution in [-0.2, 0) is 11.3 Å². The molecule has 1 atom stereocenters. The minimum atomic E-state index is -0.985. The molecule has 2 heterocycles. The van der Waals surface area contributed by atoms with Crippen LogP contribution in [0.25, 0.3) is 0 Å². The number of nitrogens with zero attached hydrogens (tertiary/aromatic N) is 2. The van der Waals surface area contributed by atoms with E-state index in [2.05, 4.69) is 9.88 Å². The molecule has 19 heavy (non-hydrogen) atoms. The van der Waals surface area contributed by atoms with Crippen LogP contribution >= 0.6 is 0 Å². The van der Waals surface area contributed by atoms with E-state index >= 15 is 0 Å². The third-order valence-electron chi connectivity index (χ3n) is 3.60. The quantitative estimate of drug-likeness (QED) is 0.823. The Hall–Kier alpha value is -1.95. The Kier molecular flexibility index (Phi) is 3.53. The Bertz CT molecular complexity index is 500.